The number of benzene rings is 1. The highest BCUT2D eigenvalue weighted by atomic mass is 19.4. The number of amides is 2. The van der Waals surface area contributed by atoms with Gasteiger partial charge >= 0.3 is 6.18 Å². The Labute approximate surface area is 261 Å². The number of nitrogens with zero attached hydrogens (tertiary/aromatic N) is 5. The second-order valence-electron chi connectivity index (χ2n) is 11.4. The lowest BCUT2D eigenvalue weighted by atomic mass is 9.86. The van der Waals surface area contributed by atoms with Gasteiger partial charge in [-0.1, -0.05) is 24.3 Å². The Kier molecular flexibility index (Phi) is 8.50. The van der Waals surface area contributed by atoms with Gasteiger partial charge in [-0.15, -0.1) is 0 Å². The molecule has 2 amide bonds. The molecule has 4 aromatic heterocycles. The van der Waals surface area contributed by atoms with Crippen molar-refractivity contribution in [1.29, 1.82) is 0 Å². The first-order valence-corrected chi connectivity index (χ1v) is 14.8. The summed E-state index contributed by atoms with van der Waals surface area (Å²) >= 11 is 0. The summed E-state index contributed by atoms with van der Waals surface area (Å²) in [6.07, 6.45) is 0.0217. The van der Waals surface area contributed by atoms with Gasteiger partial charge in [0.1, 0.15) is 17.2 Å². The summed E-state index contributed by atoms with van der Waals surface area (Å²) in [6, 6.07) is 15.9. The monoisotopic (exact) mass is 629 g/mol. The molecule has 0 radical (unpaired) electrons. The molecule has 0 spiro atoms. The van der Waals surface area contributed by atoms with Gasteiger partial charge in [-0.05, 0) is 80.1 Å². The quantitative estimate of drug-likeness (QED) is 0.199. The van der Waals surface area contributed by atoms with Crippen LogP contribution in [0.3, 0.4) is 0 Å². The number of nitrogens with one attached hydrogen (secondary N) is 2. The number of halogens is 3. The molecular formula is C33H30F3N7O3. The number of rotatable bonds is 7. The average Bonchev–Trinajstić information content (AvgIpc) is 3.53. The first-order chi connectivity index (χ1) is 22.0. The number of hydrogen-bond donors (Lipinski definition) is 3. The van der Waals surface area contributed by atoms with Crippen LogP contribution in [-0.4, -0.2) is 48.2 Å². The molecule has 4 heterocycles. The third kappa shape index (κ3) is 6.74. The second kappa shape index (κ2) is 12.7. The molecule has 0 bridgehead atoms. The number of carbonyl (C=O) groups is 2. The van der Waals surface area contributed by atoms with Crippen molar-refractivity contribution in [1.82, 2.24) is 25.1 Å². The summed E-state index contributed by atoms with van der Waals surface area (Å²) in [7, 11) is 0. The maximum Gasteiger partial charge on any atom is 0.433 e. The standard InChI is InChI=1S/C33H30F3N7O3/c1-19-14-27(39-28(15-19)33(34,35)36)24-5-3-7-29(40-24)43(32(46)21-9-11-23(44)12-10-21)18-20-8-13-26(37-16-20)31(45)41-25-6-2-4-22-17-38-42-30(22)25/h2-8,13-17,21,23,44H,9-12,18H2,1H3,(H,38,42)(H,41,45). The Morgan fingerprint density at radius 3 is 2.50 bits per heavy atom. The van der Waals surface area contributed by atoms with E-state index in [4.69, 9.17) is 0 Å². The molecule has 1 fully saturated rings. The Morgan fingerprint density at radius 1 is 0.978 bits per heavy atom. The number of pyridine rings is 3. The summed E-state index contributed by atoms with van der Waals surface area (Å²) in [4.78, 5) is 41.1. The van der Waals surface area contributed by atoms with E-state index >= 15 is 0 Å². The minimum atomic E-state index is -4.63. The van der Waals surface area contributed by atoms with Crippen LogP contribution >= 0.6 is 0 Å². The summed E-state index contributed by atoms with van der Waals surface area (Å²) < 4.78 is 40.5. The van der Waals surface area contributed by atoms with E-state index in [1.807, 2.05) is 6.07 Å². The van der Waals surface area contributed by atoms with Crippen LogP contribution in [0, 0.1) is 12.8 Å². The van der Waals surface area contributed by atoms with Crippen molar-refractivity contribution in [3.8, 4) is 11.4 Å². The zero-order chi connectivity index (χ0) is 32.4. The molecule has 1 aromatic carbocycles. The number of fused-ring (bicyclic) bond motifs is 1. The Balaban J connectivity index is 1.27. The summed E-state index contributed by atoms with van der Waals surface area (Å²) in [5.74, 6) is -0.786. The molecule has 3 N–H and O–H groups in total. The van der Waals surface area contributed by atoms with Crippen LogP contribution in [-0.2, 0) is 17.5 Å². The van der Waals surface area contributed by atoms with Gasteiger partial charge in [0.25, 0.3) is 5.91 Å². The van der Waals surface area contributed by atoms with Crippen molar-refractivity contribution >= 4 is 34.2 Å². The highest BCUT2D eigenvalue weighted by Crippen LogP contribution is 2.32. The summed E-state index contributed by atoms with van der Waals surface area (Å²) in [6.45, 7) is 1.60. The van der Waals surface area contributed by atoms with Gasteiger partial charge in [-0.2, -0.15) is 18.3 Å². The van der Waals surface area contributed by atoms with Crippen LogP contribution in [0.1, 0.15) is 53.0 Å². The number of para-hydroxylation sites is 1. The van der Waals surface area contributed by atoms with Crippen LogP contribution in [0.4, 0.5) is 24.7 Å². The molecule has 0 aliphatic heterocycles. The predicted molar refractivity (Wildman–Crippen MR) is 165 cm³/mol. The zero-order valence-corrected chi connectivity index (χ0v) is 24.8. The molecule has 6 rings (SSSR count). The van der Waals surface area contributed by atoms with Gasteiger partial charge in [0.05, 0.1) is 41.4 Å². The van der Waals surface area contributed by atoms with Crippen LogP contribution < -0.4 is 10.2 Å². The van der Waals surface area contributed by atoms with Crippen molar-refractivity contribution in [2.24, 2.45) is 5.92 Å². The van der Waals surface area contributed by atoms with E-state index in [0.29, 0.717) is 48.0 Å². The van der Waals surface area contributed by atoms with Crippen molar-refractivity contribution in [3.05, 3.63) is 95.6 Å². The average molecular weight is 630 g/mol. The fraction of sp³-hybridized carbons (Fsp3) is 0.273. The van der Waals surface area contributed by atoms with E-state index < -0.39 is 23.9 Å². The van der Waals surface area contributed by atoms with Gasteiger partial charge in [-0.3, -0.25) is 24.6 Å². The molecule has 13 heteroatoms. The highest BCUT2D eigenvalue weighted by molar-refractivity contribution is 6.07. The number of aliphatic hydroxyl groups is 1. The van der Waals surface area contributed by atoms with E-state index in [2.05, 4.69) is 30.5 Å². The minimum Gasteiger partial charge on any atom is -0.393 e. The molecule has 10 nitrogen and oxygen atoms in total. The third-order valence-corrected chi connectivity index (χ3v) is 7.97. The summed E-state index contributed by atoms with van der Waals surface area (Å²) in [5.41, 5.74) is 1.56. The number of H-pyrrole nitrogens is 1. The third-order valence-electron chi connectivity index (χ3n) is 7.97. The normalized spacial score (nSPS) is 16.7. The topological polar surface area (TPSA) is 137 Å². The van der Waals surface area contributed by atoms with Crippen molar-refractivity contribution in [2.75, 3.05) is 10.2 Å². The number of aliphatic hydroxyl groups excluding tert-OH is 1. The number of aryl methyl sites for hydroxylation is 1. The lowest BCUT2D eigenvalue weighted by Crippen LogP contribution is -2.38. The molecule has 0 atom stereocenters. The zero-order valence-electron chi connectivity index (χ0n) is 24.8. The highest BCUT2D eigenvalue weighted by Gasteiger charge is 2.34. The van der Waals surface area contributed by atoms with Crippen LogP contribution in [0.25, 0.3) is 22.3 Å². The number of anilines is 2. The van der Waals surface area contributed by atoms with E-state index in [9.17, 15) is 27.9 Å². The molecule has 1 saturated carbocycles. The Hall–Kier alpha value is -5.17. The van der Waals surface area contributed by atoms with Crippen LogP contribution in [0.5, 0.6) is 0 Å². The second-order valence-corrected chi connectivity index (χ2v) is 11.4. The van der Waals surface area contributed by atoms with Gasteiger partial charge in [0.2, 0.25) is 5.91 Å². The molecule has 1 aliphatic carbocycles. The first-order valence-electron chi connectivity index (χ1n) is 14.8. The maximum absolute atomic E-state index is 13.9. The molecule has 0 saturated heterocycles. The van der Waals surface area contributed by atoms with E-state index in [-0.39, 0.29) is 41.3 Å². The number of alkyl halides is 3. The fourth-order valence-electron chi connectivity index (χ4n) is 5.57. The largest absolute Gasteiger partial charge is 0.433 e. The number of carbonyl (C=O) groups excluding carboxylic acids is 2. The van der Waals surface area contributed by atoms with Crippen molar-refractivity contribution < 1.29 is 27.9 Å². The minimum absolute atomic E-state index is 0.0326. The molecule has 236 valence electrons. The first kappa shape index (κ1) is 30.8. The lowest BCUT2D eigenvalue weighted by molar-refractivity contribution is -0.141. The maximum atomic E-state index is 13.9. The van der Waals surface area contributed by atoms with Gasteiger partial charge in [0.15, 0.2) is 0 Å². The van der Waals surface area contributed by atoms with Crippen LogP contribution in [0.15, 0.2) is 73.1 Å². The SMILES string of the molecule is Cc1cc(-c2cccc(N(Cc3ccc(C(=O)Nc4cccc5cn[nH]c45)nc3)C(=O)C3CCC(O)CC3)n2)nc(C(F)(F)F)c1. The van der Waals surface area contributed by atoms with Gasteiger partial charge in [0, 0.05) is 17.5 Å². The molecular weight excluding hydrogens is 599 g/mol. The lowest BCUT2D eigenvalue weighted by Gasteiger charge is -2.30. The Morgan fingerprint density at radius 2 is 1.76 bits per heavy atom. The van der Waals surface area contributed by atoms with Crippen LogP contribution in [0.2, 0.25) is 0 Å². The molecule has 0 unspecified atom stereocenters. The number of hydrogen-bond acceptors (Lipinski definition) is 7. The molecule has 46 heavy (non-hydrogen) atoms. The van der Waals surface area contributed by atoms with Crippen molar-refractivity contribution in [2.45, 2.75) is 51.4 Å². The predicted octanol–water partition coefficient (Wildman–Crippen LogP) is 6.08. The van der Waals surface area contributed by atoms with E-state index in [1.165, 1.54) is 17.2 Å². The Bertz CT molecular complexity index is 1880. The van der Waals surface area contributed by atoms with Gasteiger partial charge < -0.3 is 10.4 Å². The van der Waals surface area contributed by atoms with Gasteiger partial charge in [-0.25, -0.2) is 9.97 Å². The molecule has 1 aliphatic rings. The summed E-state index contributed by atoms with van der Waals surface area (Å²) in [5, 5.41) is 20.5. The number of aromatic amines is 1. The number of aromatic nitrogens is 5. The fourth-order valence-corrected chi connectivity index (χ4v) is 5.57. The van der Waals surface area contributed by atoms with Crippen molar-refractivity contribution in [3.63, 3.8) is 0 Å². The van der Waals surface area contributed by atoms with E-state index in [1.54, 1.807) is 55.6 Å². The van der Waals surface area contributed by atoms with E-state index in [0.717, 1.165) is 11.5 Å². The molecule has 5 aromatic rings. The smallest absolute Gasteiger partial charge is 0.393 e.